The van der Waals surface area contributed by atoms with E-state index in [1.807, 2.05) is 44.4 Å². The Bertz CT molecular complexity index is 1380. The number of anilines is 1. The smallest absolute Gasteiger partial charge is 0.236 e. The average Bonchev–Trinajstić information content (AvgIpc) is 3.39. The molecule has 4 heterocycles. The highest BCUT2D eigenvalue weighted by molar-refractivity contribution is 5.94. The second-order valence-electron chi connectivity index (χ2n) is 10.3. The van der Waals surface area contributed by atoms with Crippen LogP contribution in [0.4, 0.5) is 5.82 Å². The normalized spacial score (nSPS) is 17.7. The molecule has 10 heteroatoms. The molecular weight excluding hydrogens is 456 g/mol. The minimum Gasteiger partial charge on any atom is -0.383 e. The Hall–Kier alpha value is -3.53. The Morgan fingerprint density at radius 2 is 1.89 bits per heavy atom. The van der Waals surface area contributed by atoms with Gasteiger partial charge >= 0.3 is 0 Å². The van der Waals surface area contributed by atoms with Crippen LogP contribution in [0.3, 0.4) is 0 Å². The third-order valence-electron chi connectivity index (χ3n) is 6.73. The second kappa shape index (κ2) is 9.16. The van der Waals surface area contributed by atoms with Gasteiger partial charge in [0, 0.05) is 32.1 Å². The summed E-state index contributed by atoms with van der Waals surface area (Å²) in [6.45, 7) is 18.6. The Morgan fingerprint density at radius 3 is 2.47 bits per heavy atom. The summed E-state index contributed by atoms with van der Waals surface area (Å²) in [6.07, 6.45) is 3.92. The molecule has 1 amide bonds. The topological polar surface area (TPSA) is 102 Å². The van der Waals surface area contributed by atoms with E-state index >= 15 is 0 Å². The molecule has 4 rings (SSSR count). The fourth-order valence-electron chi connectivity index (χ4n) is 4.65. The number of imidazole rings is 1. The highest BCUT2D eigenvalue weighted by atomic mass is 16.5. The van der Waals surface area contributed by atoms with Crippen LogP contribution in [0.25, 0.3) is 23.2 Å². The van der Waals surface area contributed by atoms with Crippen LogP contribution < -0.4 is 5.32 Å². The van der Waals surface area contributed by atoms with Crippen molar-refractivity contribution in [3.63, 3.8) is 0 Å². The summed E-state index contributed by atoms with van der Waals surface area (Å²) in [4.78, 5) is 24.4. The van der Waals surface area contributed by atoms with E-state index in [9.17, 15) is 4.79 Å². The quantitative estimate of drug-likeness (QED) is 0.531. The lowest BCUT2D eigenvalue weighted by Gasteiger charge is -2.20. The van der Waals surface area contributed by atoms with Crippen molar-refractivity contribution in [2.75, 3.05) is 26.1 Å². The first kappa shape index (κ1) is 25.6. The van der Waals surface area contributed by atoms with Crippen LogP contribution in [0.2, 0.25) is 0 Å². The Balaban J connectivity index is 1.96. The van der Waals surface area contributed by atoms with Gasteiger partial charge in [-0.05, 0) is 60.1 Å². The molecule has 1 aliphatic rings. The molecule has 1 saturated heterocycles. The molecule has 0 unspecified atom stereocenters. The van der Waals surface area contributed by atoms with E-state index < -0.39 is 5.41 Å². The van der Waals surface area contributed by atoms with Crippen molar-refractivity contribution in [3.8, 4) is 11.5 Å². The number of fused-ring (bicyclic) bond motifs is 1. The number of aryl methyl sites for hydroxylation is 2. The molecule has 1 aliphatic heterocycles. The number of rotatable bonds is 7. The summed E-state index contributed by atoms with van der Waals surface area (Å²) in [7, 11) is 3.47. The molecule has 0 saturated carbocycles. The molecule has 1 atom stereocenters. The van der Waals surface area contributed by atoms with Gasteiger partial charge in [0.05, 0.1) is 29.5 Å². The zero-order chi connectivity index (χ0) is 26.5. The summed E-state index contributed by atoms with van der Waals surface area (Å²) < 4.78 is 9.57. The van der Waals surface area contributed by atoms with Crippen LogP contribution in [-0.4, -0.2) is 66.7 Å². The first-order valence-electron chi connectivity index (χ1n) is 12.1. The molecule has 36 heavy (non-hydrogen) atoms. The number of hydrogen-bond donors (Lipinski definition) is 1. The van der Waals surface area contributed by atoms with Gasteiger partial charge in [-0.2, -0.15) is 0 Å². The Labute approximate surface area is 212 Å². The first-order chi connectivity index (χ1) is 16.9. The molecule has 0 spiro atoms. The van der Waals surface area contributed by atoms with E-state index in [1.54, 1.807) is 19.1 Å². The molecule has 1 fully saturated rings. The maximum atomic E-state index is 12.9. The van der Waals surface area contributed by atoms with Gasteiger partial charge in [-0.3, -0.25) is 9.20 Å². The molecule has 3 aromatic heterocycles. The Kier molecular flexibility index (Phi) is 6.51. The van der Waals surface area contributed by atoms with Crippen molar-refractivity contribution in [3.05, 3.63) is 41.3 Å². The number of hydrogen-bond acceptors (Lipinski definition) is 7. The number of ether oxygens (including phenoxy) is 1. The van der Waals surface area contributed by atoms with Crippen LogP contribution in [0.1, 0.15) is 57.9 Å². The van der Waals surface area contributed by atoms with E-state index in [-0.39, 0.29) is 18.0 Å². The van der Waals surface area contributed by atoms with Gasteiger partial charge in [0.25, 0.3) is 0 Å². The number of methoxy groups -OCH3 is 1. The highest BCUT2D eigenvalue weighted by Gasteiger charge is 2.44. The number of carbonyl (C=O) groups excluding carboxylic acids is 1. The lowest BCUT2D eigenvalue weighted by Crippen LogP contribution is -2.27. The molecule has 0 bridgehead atoms. The van der Waals surface area contributed by atoms with E-state index in [0.717, 1.165) is 28.5 Å². The van der Waals surface area contributed by atoms with Crippen molar-refractivity contribution < 1.29 is 9.53 Å². The zero-order valence-corrected chi connectivity index (χ0v) is 22.7. The van der Waals surface area contributed by atoms with E-state index in [4.69, 9.17) is 14.7 Å². The third-order valence-corrected chi connectivity index (χ3v) is 6.73. The third kappa shape index (κ3) is 4.09. The van der Waals surface area contributed by atoms with E-state index in [0.29, 0.717) is 29.6 Å². The van der Waals surface area contributed by atoms with Crippen LogP contribution in [0, 0.1) is 19.3 Å². The largest absolute Gasteiger partial charge is 0.383 e. The predicted octanol–water partition coefficient (Wildman–Crippen LogP) is 4.03. The molecule has 0 aliphatic carbocycles. The van der Waals surface area contributed by atoms with Crippen molar-refractivity contribution >= 4 is 23.4 Å². The van der Waals surface area contributed by atoms with Crippen LogP contribution in [0.5, 0.6) is 0 Å². The first-order valence-corrected chi connectivity index (χ1v) is 12.1. The predicted molar refractivity (Wildman–Crippen MR) is 140 cm³/mol. The van der Waals surface area contributed by atoms with E-state index in [2.05, 4.69) is 47.4 Å². The zero-order valence-electron chi connectivity index (χ0n) is 22.7. The summed E-state index contributed by atoms with van der Waals surface area (Å²) >= 11 is 0. The standard InChI is InChI=1S/C26H36N8O2/c1-14(2)27-22-24-31-30-18(6)33(24)12-19(29-22)23-28-17(5)21(34(23)15(3)13-36-10)11-20-16(4)26(7,8)25(35)32(20)9/h11-12,14-15H,4,13H2,1-3,5-10H3,(H,27,29)/b20-11+/t15-/m0/s1. The van der Waals surface area contributed by atoms with Crippen molar-refractivity contribution in [1.82, 2.24) is 34.0 Å². The average molecular weight is 493 g/mol. The van der Waals surface area contributed by atoms with Gasteiger partial charge in [0.15, 0.2) is 11.6 Å². The number of aromatic nitrogens is 6. The van der Waals surface area contributed by atoms with E-state index in [1.165, 1.54) is 0 Å². The van der Waals surface area contributed by atoms with Gasteiger partial charge in [0.1, 0.15) is 11.5 Å². The monoisotopic (exact) mass is 492 g/mol. The molecule has 0 radical (unpaired) electrons. The van der Waals surface area contributed by atoms with Crippen LogP contribution in [-0.2, 0) is 9.53 Å². The lowest BCUT2D eigenvalue weighted by molar-refractivity contribution is -0.132. The van der Waals surface area contributed by atoms with Crippen LogP contribution >= 0.6 is 0 Å². The number of likely N-dealkylation sites (tertiary alicyclic amines) is 1. The number of likely N-dealkylation sites (N-methyl/N-ethyl adjacent to an activating group) is 1. The maximum Gasteiger partial charge on any atom is 0.236 e. The number of allylic oxidation sites excluding steroid dienone is 1. The summed E-state index contributed by atoms with van der Waals surface area (Å²) in [5, 5.41) is 11.9. The fourth-order valence-corrected chi connectivity index (χ4v) is 4.65. The van der Waals surface area contributed by atoms with Gasteiger partial charge in [0.2, 0.25) is 11.6 Å². The molecule has 192 valence electrons. The van der Waals surface area contributed by atoms with Gasteiger partial charge in [-0.15, -0.1) is 10.2 Å². The maximum absolute atomic E-state index is 12.9. The SMILES string of the molecule is C=C1/C(=C\c2c(C)nc(-c3cn4c(C)nnc4c(NC(C)C)n3)n2[C@@H](C)COC)N(C)C(=O)C1(C)C. The van der Waals surface area contributed by atoms with Gasteiger partial charge in [-0.25, -0.2) is 9.97 Å². The van der Waals surface area contributed by atoms with Gasteiger partial charge < -0.3 is 19.5 Å². The number of nitrogens with one attached hydrogen (secondary N) is 1. The second-order valence-corrected chi connectivity index (χ2v) is 10.3. The van der Waals surface area contributed by atoms with Crippen molar-refractivity contribution in [1.29, 1.82) is 0 Å². The molecule has 10 nitrogen and oxygen atoms in total. The Morgan fingerprint density at radius 1 is 1.19 bits per heavy atom. The number of carbonyl (C=O) groups is 1. The fraction of sp³-hybridized carbons (Fsp3) is 0.500. The summed E-state index contributed by atoms with van der Waals surface area (Å²) in [6, 6.07) is 0.107. The molecule has 1 N–H and O–H groups in total. The summed E-state index contributed by atoms with van der Waals surface area (Å²) in [5.41, 5.74) is 3.95. The highest BCUT2D eigenvalue weighted by Crippen LogP contribution is 2.42. The van der Waals surface area contributed by atoms with Gasteiger partial charge in [-0.1, -0.05) is 6.58 Å². The van der Waals surface area contributed by atoms with Crippen molar-refractivity contribution in [2.24, 2.45) is 5.41 Å². The minimum atomic E-state index is -0.656. The number of amides is 1. The van der Waals surface area contributed by atoms with Crippen LogP contribution in [0.15, 0.2) is 24.0 Å². The minimum absolute atomic E-state index is 0.0206. The molecule has 0 aromatic carbocycles. The van der Waals surface area contributed by atoms with Crippen molar-refractivity contribution in [2.45, 2.75) is 60.5 Å². The summed E-state index contributed by atoms with van der Waals surface area (Å²) in [5.74, 6) is 2.12. The number of nitrogens with zero attached hydrogens (tertiary/aromatic N) is 7. The lowest BCUT2D eigenvalue weighted by atomic mass is 9.86. The molecule has 3 aromatic rings. The molecular formula is C26H36N8O2.